The van der Waals surface area contributed by atoms with Crippen LogP contribution in [0.5, 0.6) is 17.2 Å². The fourth-order valence-electron chi connectivity index (χ4n) is 3.44. The van der Waals surface area contributed by atoms with Gasteiger partial charge in [-0.05, 0) is 63.4 Å². The standard InChI is InChI=1S/C24H30N2O4/c1-5-28-21-13-18(14-22(29-6-2)23(21)30-7-3)24(27)25-11-10-17-15-26-20-12-16(4)8-9-19(17)20/h8-9,12-15,26H,5-7,10-11H2,1-4H3,(H,25,27). The number of aryl methyl sites for hydroxylation is 1. The fourth-order valence-corrected chi connectivity index (χ4v) is 3.44. The Morgan fingerprint density at radius 3 is 2.27 bits per heavy atom. The Morgan fingerprint density at radius 1 is 0.967 bits per heavy atom. The van der Waals surface area contributed by atoms with E-state index in [-0.39, 0.29) is 5.91 Å². The number of ether oxygens (including phenoxy) is 3. The van der Waals surface area contributed by atoms with Crippen molar-refractivity contribution < 1.29 is 19.0 Å². The van der Waals surface area contributed by atoms with Crippen LogP contribution in [-0.4, -0.2) is 37.3 Å². The third kappa shape index (κ3) is 4.87. The first kappa shape index (κ1) is 21.6. The molecule has 1 heterocycles. The van der Waals surface area contributed by atoms with Crippen molar-refractivity contribution in [1.82, 2.24) is 10.3 Å². The Kier molecular flexibility index (Phi) is 7.22. The SMILES string of the molecule is CCOc1cc(C(=O)NCCc2c[nH]c3cc(C)ccc23)cc(OCC)c1OCC. The molecule has 0 fully saturated rings. The normalized spacial score (nSPS) is 10.8. The third-order valence-electron chi connectivity index (χ3n) is 4.77. The number of aromatic amines is 1. The molecule has 0 aliphatic rings. The van der Waals surface area contributed by atoms with E-state index < -0.39 is 0 Å². The second-order valence-electron chi connectivity index (χ2n) is 6.97. The van der Waals surface area contributed by atoms with Gasteiger partial charge in [-0.15, -0.1) is 0 Å². The van der Waals surface area contributed by atoms with Gasteiger partial charge < -0.3 is 24.5 Å². The van der Waals surface area contributed by atoms with Gasteiger partial charge in [0.25, 0.3) is 5.91 Å². The molecule has 6 heteroatoms. The van der Waals surface area contributed by atoms with Crippen molar-refractivity contribution in [3.8, 4) is 17.2 Å². The van der Waals surface area contributed by atoms with Crippen LogP contribution in [0, 0.1) is 6.92 Å². The minimum absolute atomic E-state index is 0.171. The van der Waals surface area contributed by atoms with Gasteiger partial charge in [0, 0.05) is 29.2 Å². The van der Waals surface area contributed by atoms with E-state index in [4.69, 9.17) is 14.2 Å². The number of hydrogen-bond acceptors (Lipinski definition) is 4. The number of carbonyl (C=O) groups is 1. The summed E-state index contributed by atoms with van der Waals surface area (Å²) in [6.45, 7) is 9.71. The number of fused-ring (bicyclic) bond motifs is 1. The fraction of sp³-hybridized carbons (Fsp3) is 0.375. The first-order chi connectivity index (χ1) is 14.6. The van der Waals surface area contributed by atoms with Crippen molar-refractivity contribution in [1.29, 1.82) is 0 Å². The van der Waals surface area contributed by atoms with Gasteiger partial charge in [-0.25, -0.2) is 0 Å². The molecular weight excluding hydrogens is 380 g/mol. The zero-order valence-corrected chi connectivity index (χ0v) is 18.1. The zero-order valence-electron chi connectivity index (χ0n) is 18.1. The van der Waals surface area contributed by atoms with Crippen LogP contribution >= 0.6 is 0 Å². The Hall–Kier alpha value is -3.15. The maximum Gasteiger partial charge on any atom is 0.251 e. The van der Waals surface area contributed by atoms with Gasteiger partial charge in [0.15, 0.2) is 11.5 Å². The van der Waals surface area contributed by atoms with Crippen LogP contribution in [0.2, 0.25) is 0 Å². The summed E-state index contributed by atoms with van der Waals surface area (Å²) in [5, 5.41) is 4.19. The predicted octanol–water partition coefficient (Wildman–Crippen LogP) is 4.64. The minimum Gasteiger partial charge on any atom is -0.490 e. The molecule has 160 valence electrons. The first-order valence-corrected chi connectivity index (χ1v) is 10.5. The first-order valence-electron chi connectivity index (χ1n) is 10.5. The molecule has 3 aromatic rings. The molecule has 0 spiro atoms. The molecular formula is C24H30N2O4. The van der Waals surface area contributed by atoms with Crippen LogP contribution in [0.4, 0.5) is 0 Å². The van der Waals surface area contributed by atoms with Crippen molar-refractivity contribution in [2.24, 2.45) is 0 Å². The summed E-state index contributed by atoms with van der Waals surface area (Å²) >= 11 is 0. The predicted molar refractivity (Wildman–Crippen MR) is 119 cm³/mol. The Morgan fingerprint density at radius 2 is 1.63 bits per heavy atom. The zero-order chi connectivity index (χ0) is 21.5. The molecule has 3 rings (SSSR count). The van der Waals surface area contributed by atoms with Crippen LogP contribution in [-0.2, 0) is 6.42 Å². The smallest absolute Gasteiger partial charge is 0.251 e. The second kappa shape index (κ2) is 10.1. The summed E-state index contributed by atoms with van der Waals surface area (Å²) in [5.74, 6) is 1.40. The minimum atomic E-state index is -0.171. The van der Waals surface area contributed by atoms with Gasteiger partial charge in [-0.1, -0.05) is 12.1 Å². The number of hydrogen-bond donors (Lipinski definition) is 2. The van der Waals surface area contributed by atoms with E-state index in [1.165, 1.54) is 16.5 Å². The lowest BCUT2D eigenvalue weighted by Gasteiger charge is -2.17. The number of amides is 1. The van der Waals surface area contributed by atoms with E-state index in [0.717, 1.165) is 11.9 Å². The number of rotatable bonds is 10. The van der Waals surface area contributed by atoms with Crippen molar-refractivity contribution in [2.45, 2.75) is 34.1 Å². The number of H-pyrrole nitrogens is 1. The highest BCUT2D eigenvalue weighted by Gasteiger charge is 2.18. The molecule has 0 unspecified atom stereocenters. The molecule has 1 aromatic heterocycles. The van der Waals surface area contributed by atoms with Gasteiger partial charge >= 0.3 is 0 Å². The molecule has 0 atom stereocenters. The molecule has 0 radical (unpaired) electrons. The summed E-state index contributed by atoms with van der Waals surface area (Å²) in [7, 11) is 0. The lowest BCUT2D eigenvalue weighted by Crippen LogP contribution is -2.25. The van der Waals surface area contributed by atoms with Crippen molar-refractivity contribution >= 4 is 16.8 Å². The summed E-state index contributed by atoms with van der Waals surface area (Å²) in [6, 6.07) is 9.76. The summed E-state index contributed by atoms with van der Waals surface area (Å²) in [5.41, 5.74) is 4.00. The van der Waals surface area contributed by atoms with E-state index in [1.54, 1.807) is 12.1 Å². The van der Waals surface area contributed by atoms with Crippen molar-refractivity contribution in [2.75, 3.05) is 26.4 Å². The second-order valence-corrected chi connectivity index (χ2v) is 6.97. The van der Waals surface area contributed by atoms with Gasteiger partial charge in [-0.3, -0.25) is 4.79 Å². The topological polar surface area (TPSA) is 72.6 Å². The van der Waals surface area contributed by atoms with Crippen molar-refractivity contribution in [3.05, 3.63) is 53.2 Å². The van der Waals surface area contributed by atoms with Gasteiger partial charge in [0.2, 0.25) is 5.75 Å². The van der Waals surface area contributed by atoms with Gasteiger partial charge in [0.1, 0.15) is 0 Å². The monoisotopic (exact) mass is 410 g/mol. The lowest BCUT2D eigenvalue weighted by molar-refractivity contribution is 0.0953. The third-order valence-corrected chi connectivity index (χ3v) is 4.77. The van der Waals surface area contributed by atoms with Crippen LogP contribution in [0.1, 0.15) is 42.3 Å². The maximum atomic E-state index is 12.8. The van der Waals surface area contributed by atoms with Crippen molar-refractivity contribution in [3.63, 3.8) is 0 Å². The average Bonchev–Trinajstić information content (AvgIpc) is 3.12. The summed E-state index contributed by atoms with van der Waals surface area (Å²) in [6.07, 6.45) is 2.75. The largest absolute Gasteiger partial charge is 0.490 e. The van der Waals surface area contributed by atoms with Crippen LogP contribution in [0.3, 0.4) is 0 Å². The van der Waals surface area contributed by atoms with Crippen LogP contribution in [0.15, 0.2) is 36.5 Å². The molecule has 0 aliphatic heterocycles. The average molecular weight is 411 g/mol. The Labute approximate surface area is 177 Å². The summed E-state index contributed by atoms with van der Waals surface area (Å²) < 4.78 is 17.1. The maximum absolute atomic E-state index is 12.8. The molecule has 2 aromatic carbocycles. The van der Waals surface area contributed by atoms with Crippen LogP contribution < -0.4 is 19.5 Å². The molecule has 30 heavy (non-hydrogen) atoms. The molecule has 2 N–H and O–H groups in total. The lowest BCUT2D eigenvalue weighted by atomic mass is 10.1. The number of nitrogens with one attached hydrogen (secondary N) is 2. The Bertz CT molecular complexity index is 983. The molecule has 0 saturated heterocycles. The van der Waals surface area contributed by atoms with E-state index >= 15 is 0 Å². The quantitative estimate of drug-likeness (QED) is 0.511. The number of benzene rings is 2. The van der Waals surface area contributed by atoms with Gasteiger partial charge in [0.05, 0.1) is 19.8 Å². The van der Waals surface area contributed by atoms with E-state index in [2.05, 4.69) is 35.4 Å². The highest BCUT2D eigenvalue weighted by molar-refractivity contribution is 5.95. The molecule has 0 saturated carbocycles. The molecule has 1 amide bonds. The van der Waals surface area contributed by atoms with E-state index in [1.807, 2.05) is 27.0 Å². The highest BCUT2D eigenvalue weighted by Crippen LogP contribution is 2.39. The molecule has 0 bridgehead atoms. The van der Waals surface area contributed by atoms with E-state index in [0.29, 0.717) is 49.2 Å². The number of aromatic nitrogens is 1. The van der Waals surface area contributed by atoms with E-state index in [9.17, 15) is 4.79 Å². The number of carbonyl (C=O) groups excluding carboxylic acids is 1. The van der Waals surface area contributed by atoms with Crippen LogP contribution in [0.25, 0.3) is 10.9 Å². The summed E-state index contributed by atoms with van der Waals surface area (Å²) in [4.78, 5) is 16.1. The Balaban J connectivity index is 1.73. The van der Waals surface area contributed by atoms with Gasteiger partial charge in [-0.2, -0.15) is 0 Å². The highest BCUT2D eigenvalue weighted by atomic mass is 16.5. The molecule has 6 nitrogen and oxygen atoms in total. The molecule has 0 aliphatic carbocycles.